The number of amides is 2. The van der Waals surface area contributed by atoms with E-state index in [9.17, 15) is 9.59 Å². The van der Waals surface area contributed by atoms with E-state index in [0.717, 1.165) is 32.4 Å². The lowest BCUT2D eigenvalue weighted by molar-refractivity contribution is -0.907. The van der Waals surface area contributed by atoms with Crippen LogP contribution in [-0.2, 0) is 17.8 Å². The first-order valence-electron chi connectivity index (χ1n) is 10.3. The van der Waals surface area contributed by atoms with Crippen LogP contribution < -0.4 is 15.5 Å². The lowest BCUT2D eigenvalue weighted by Crippen LogP contribution is -3.12. The van der Waals surface area contributed by atoms with E-state index < -0.39 is 0 Å². The van der Waals surface area contributed by atoms with Crippen LogP contribution in [0.25, 0.3) is 0 Å². The molecule has 0 bridgehead atoms. The number of fused-ring (bicyclic) bond motifs is 1. The topological polar surface area (TPSA) is 62.6 Å². The first-order valence-corrected chi connectivity index (χ1v) is 10.3. The molecule has 1 fully saturated rings. The van der Waals surface area contributed by atoms with Crippen LogP contribution in [0.3, 0.4) is 0 Å². The molecule has 1 unspecified atom stereocenters. The van der Waals surface area contributed by atoms with E-state index in [-0.39, 0.29) is 17.9 Å². The van der Waals surface area contributed by atoms with Gasteiger partial charge in [-0.2, -0.15) is 0 Å². The highest BCUT2D eigenvalue weighted by Gasteiger charge is 2.23. The number of para-hydroxylation sites is 1. The van der Waals surface area contributed by atoms with Gasteiger partial charge in [-0.25, -0.2) is 0 Å². The van der Waals surface area contributed by atoms with Crippen molar-refractivity contribution in [2.45, 2.75) is 44.7 Å². The van der Waals surface area contributed by atoms with Crippen LogP contribution in [0.1, 0.15) is 47.2 Å². The minimum Gasteiger partial charge on any atom is -0.349 e. The van der Waals surface area contributed by atoms with Gasteiger partial charge in [-0.05, 0) is 30.5 Å². The molecule has 1 heterocycles. The second-order valence-electron chi connectivity index (χ2n) is 7.92. The zero-order valence-electron chi connectivity index (χ0n) is 16.2. The van der Waals surface area contributed by atoms with E-state index in [4.69, 9.17) is 0 Å². The van der Waals surface area contributed by atoms with E-state index in [1.54, 1.807) is 6.07 Å². The molecule has 1 aliphatic heterocycles. The van der Waals surface area contributed by atoms with Crippen LogP contribution in [-0.4, -0.2) is 30.9 Å². The van der Waals surface area contributed by atoms with Gasteiger partial charge in [0.25, 0.3) is 11.8 Å². The molecule has 2 aromatic carbocycles. The SMILES string of the molecule is O=C(C[NH+]1CCc2ccccc2C1)Nc1ccccc1C(=O)NC1CCCC1. The molecular formula is C23H28N3O2+. The van der Waals surface area contributed by atoms with Gasteiger partial charge in [-0.3, -0.25) is 9.59 Å². The van der Waals surface area contributed by atoms with Crippen molar-refractivity contribution >= 4 is 17.5 Å². The predicted molar refractivity (Wildman–Crippen MR) is 109 cm³/mol. The summed E-state index contributed by atoms with van der Waals surface area (Å²) in [7, 11) is 0. The van der Waals surface area contributed by atoms with Gasteiger partial charge in [0.15, 0.2) is 6.54 Å². The van der Waals surface area contributed by atoms with Crippen molar-refractivity contribution in [3.63, 3.8) is 0 Å². The largest absolute Gasteiger partial charge is 0.349 e. The van der Waals surface area contributed by atoms with Crippen LogP contribution in [0, 0.1) is 0 Å². The molecule has 1 atom stereocenters. The Labute approximate surface area is 166 Å². The van der Waals surface area contributed by atoms with E-state index in [0.29, 0.717) is 17.8 Å². The molecule has 1 aliphatic carbocycles. The minimum absolute atomic E-state index is 0.0458. The molecule has 28 heavy (non-hydrogen) atoms. The number of hydrogen-bond acceptors (Lipinski definition) is 2. The average Bonchev–Trinajstić information content (AvgIpc) is 3.21. The maximum Gasteiger partial charge on any atom is 0.279 e. The Balaban J connectivity index is 1.37. The number of carbonyl (C=O) groups excluding carboxylic acids is 2. The molecule has 3 N–H and O–H groups in total. The van der Waals surface area contributed by atoms with Gasteiger partial charge in [0.1, 0.15) is 6.54 Å². The van der Waals surface area contributed by atoms with Crippen LogP contribution in [0.5, 0.6) is 0 Å². The number of rotatable bonds is 5. The zero-order valence-corrected chi connectivity index (χ0v) is 16.2. The summed E-state index contributed by atoms with van der Waals surface area (Å²) in [4.78, 5) is 26.6. The molecular weight excluding hydrogens is 350 g/mol. The standard InChI is InChI=1S/C23H27N3O2/c27-22(16-26-14-13-17-7-1-2-8-18(17)15-26)25-21-12-6-5-11-20(21)23(28)24-19-9-3-4-10-19/h1-2,5-8,11-12,19H,3-4,9-10,13-16H2,(H,24,28)(H,25,27)/p+1. The summed E-state index contributed by atoms with van der Waals surface area (Å²) in [6, 6.07) is 16.0. The van der Waals surface area contributed by atoms with Crippen molar-refractivity contribution in [2.24, 2.45) is 0 Å². The number of carbonyl (C=O) groups is 2. The summed E-state index contributed by atoms with van der Waals surface area (Å²) in [6.07, 6.45) is 5.43. The van der Waals surface area contributed by atoms with Crippen LogP contribution in [0.4, 0.5) is 5.69 Å². The fraction of sp³-hybridized carbons (Fsp3) is 0.391. The molecule has 0 radical (unpaired) electrons. The smallest absolute Gasteiger partial charge is 0.279 e. The molecule has 146 valence electrons. The third-order valence-electron chi connectivity index (χ3n) is 5.85. The molecule has 5 heteroatoms. The second-order valence-corrected chi connectivity index (χ2v) is 7.92. The second kappa shape index (κ2) is 8.57. The maximum absolute atomic E-state index is 12.7. The molecule has 2 aromatic rings. The van der Waals surface area contributed by atoms with Crippen molar-refractivity contribution in [2.75, 3.05) is 18.4 Å². The number of benzene rings is 2. The lowest BCUT2D eigenvalue weighted by atomic mass is 10.00. The highest BCUT2D eigenvalue weighted by molar-refractivity contribution is 6.04. The van der Waals surface area contributed by atoms with Gasteiger partial charge < -0.3 is 15.5 Å². The Morgan fingerprint density at radius 3 is 2.50 bits per heavy atom. The van der Waals surface area contributed by atoms with Gasteiger partial charge in [-0.15, -0.1) is 0 Å². The Morgan fingerprint density at radius 2 is 1.68 bits per heavy atom. The quantitative estimate of drug-likeness (QED) is 0.745. The molecule has 0 spiro atoms. The maximum atomic E-state index is 12.7. The minimum atomic E-state index is -0.0953. The van der Waals surface area contributed by atoms with Crippen molar-refractivity contribution in [1.82, 2.24) is 5.32 Å². The van der Waals surface area contributed by atoms with Gasteiger partial charge >= 0.3 is 0 Å². The van der Waals surface area contributed by atoms with Gasteiger partial charge in [0.2, 0.25) is 0 Å². The summed E-state index contributed by atoms with van der Waals surface area (Å²) < 4.78 is 0. The molecule has 0 aromatic heterocycles. The molecule has 0 saturated heterocycles. The van der Waals surface area contributed by atoms with E-state index in [1.165, 1.54) is 28.9 Å². The van der Waals surface area contributed by atoms with Crippen molar-refractivity contribution in [1.29, 1.82) is 0 Å². The summed E-state index contributed by atoms with van der Waals surface area (Å²) >= 11 is 0. The summed E-state index contributed by atoms with van der Waals surface area (Å²) in [5, 5.41) is 6.07. The van der Waals surface area contributed by atoms with Crippen molar-refractivity contribution in [3.8, 4) is 0 Å². The highest BCUT2D eigenvalue weighted by Crippen LogP contribution is 2.20. The number of hydrogen-bond donors (Lipinski definition) is 3. The lowest BCUT2D eigenvalue weighted by Gasteiger charge is -2.25. The van der Waals surface area contributed by atoms with E-state index in [1.807, 2.05) is 18.2 Å². The van der Waals surface area contributed by atoms with E-state index >= 15 is 0 Å². The van der Waals surface area contributed by atoms with Crippen LogP contribution in [0.2, 0.25) is 0 Å². The number of anilines is 1. The fourth-order valence-electron chi connectivity index (χ4n) is 4.34. The summed E-state index contributed by atoms with van der Waals surface area (Å²) in [6.45, 7) is 2.23. The number of nitrogens with one attached hydrogen (secondary N) is 3. The Morgan fingerprint density at radius 1 is 0.964 bits per heavy atom. The molecule has 2 amide bonds. The van der Waals surface area contributed by atoms with E-state index in [2.05, 4.69) is 34.9 Å². The normalized spacial score (nSPS) is 19.1. The summed E-state index contributed by atoms with van der Waals surface area (Å²) in [5.41, 5.74) is 3.86. The van der Waals surface area contributed by atoms with Gasteiger partial charge in [-0.1, -0.05) is 49.2 Å². The van der Waals surface area contributed by atoms with Crippen LogP contribution >= 0.6 is 0 Å². The molecule has 5 nitrogen and oxygen atoms in total. The van der Waals surface area contributed by atoms with Crippen LogP contribution in [0.15, 0.2) is 48.5 Å². The fourth-order valence-corrected chi connectivity index (χ4v) is 4.34. The predicted octanol–water partition coefficient (Wildman–Crippen LogP) is 1.94. The third-order valence-corrected chi connectivity index (χ3v) is 5.85. The Hall–Kier alpha value is -2.66. The first-order chi connectivity index (χ1) is 13.7. The average molecular weight is 378 g/mol. The summed E-state index contributed by atoms with van der Waals surface area (Å²) in [5.74, 6) is -0.141. The van der Waals surface area contributed by atoms with Crippen molar-refractivity contribution in [3.05, 3.63) is 65.2 Å². The first kappa shape index (κ1) is 18.7. The highest BCUT2D eigenvalue weighted by atomic mass is 16.2. The zero-order chi connectivity index (χ0) is 19.3. The monoisotopic (exact) mass is 378 g/mol. The van der Waals surface area contributed by atoms with Gasteiger partial charge in [0.05, 0.1) is 17.8 Å². The van der Waals surface area contributed by atoms with Crippen molar-refractivity contribution < 1.29 is 14.5 Å². The third kappa shape index (κ3) is 4.42. The molecule has 1 saturated carbocycles. The Bertz CT molecular complexity index is 858. The molecule has 4 rings (SSSR count). The Kier molecular flexibility index (Phi) is 5.72. The molecule has 2 aliphatic rings. The van der Waals surface area contributed by atoms with Gasteiger partial charge in [0, 0.05) is 18.0 Å². The number of quaternary nitrogens is 1.